The molecule has 2 aliphatic rings. The summed E-state index contributed by atoms with van der Waals surface area (Å²) >= 11 is 0. The molecule has 0 saturated heterocycles. The van der Waals surface area contributed by atoms with Gasteiger partial charge in [0.05, 0.1) is 6.61 Å². The number of hydrogen-bond acceptors (Lipinski definition) is 3. The second-order valence-electron chi connectivity index (χ2n) is 7.28. The van der Waals surface area contributed by atoms with Gasteiger partial charge in [0.25, 0.3) is 0 Å². The Morgan fingerprint density at radius 2 is 2.00 bits per heavy atom. The van der Waals surface area contributed by atoms with Crippen molar-refractivity contribution in [3.8, 4) is 0 Å². The predicted molar refractivity (Wildman–Crippen MR) is 75.4 cm³/mol. The van der Waals surface area contributed by atoms with E-state index in [1.807, 2.05) is 0 Å². The van der Waals surface area contributed by atoms with Crippen LogP contribution in [0.5, 0.6) is 0 Å². The Labute approximate surface area is 116 Å². The fraction of sp³-hybridized carbons (Fsp3) is 0.933. The molecule has 4 nitrogen and oxygen atoms in total. The molecule has 1 amide bonds. The molecule has 0 aliphatic heterocycles. The zero-order valence-electron chi connectivity index (χ0n) is 12.4. The van der Waals surface area contributed by atoms with Gasteiger partial charge < -0.3 is 16.2 Å². The van der Waals surface area contributed by atoms with Gasteiger partial charge in [-0.3, -0.25) is 4.79 Å². The Kier molecular flexibility index (Phi) is 3.94. The van der Waals surface area contributed by atoms with Gasteiger partial charge in [-0.1, -0.05) is 20.8 Å². The molecule has 0 aromatic carbocycles. The second-order valence-corrected chi connectivity index (χ2v) is 7.28. The first-order valence-corrected chi connectivity index (χ1v) is 7.46. The van der Waals surface area contributed by atoms with Gasteiger partial charge in [0.2, 0.25) is 5.91 Å². The summed E-state index contributed by atoms with van der Waals surface area (Å²) in [4.78, 5) is 12.4. The lowest BCUT2D eigenvalue weighted by Gasteiger charge is -2.46. The van der Waals surface area contributed by atoms with Gasteiger partial charge in [-0.25, -0.2) is 0 Å². The third-order valence-electron chi connectivity index (χ3n) is 5.75. The van der Waals surface area contributed by atoms with Crippen LogP contribution in [0.25, 0.3) is 0 Å². The molecule has 110 valence electrons. The van der Waals surface area contributed by atoms with Crippen LogP contribution in [0, 0.1) is 22.7 Å². The molecular formula is C15H28N2O2. The van der Waals surface area contributed by atoms with Crippen molar-refractivity contribution in [3.05, 3.63) is 0 Å². The van der Waals surface area contributed by atoms with E-state index in [0.717, 1.165) is 25.7 Å². The average molecular weight is 268 g/mol. The largest absolute Gasteiger partial charge is 0.396 e. The van der Waals surface area contributed by atoms with Crippen LogP contribution in [0.15, 0.2) is 0 Å². The van der Waals surface area contributed by atoms with E-state index in [0.29, 0.717) is 12.5 Å². The number of carbonyl (C=O) groups excluding carboxylic acids is 1. The van der Waals surface area contributed by atoms with Gasteiger partial charge in [0.1, 0.15) is 0 Å². The molecule has 4 heteroatoms. The summed E-state index contributed by atoms with van der Waals surface area (Å²) in [5.74, 6) is 0.532. The lowest BCUT2D eigenvalue weighted by Crippen LogP contribution is -2.52. The normalized spacial score (nSPS) is 35.7. The number of nitrogens with one attached hydrogen (secondary N) is 1. The van der Waals surface area contributed by atoms with Gasteiger partial charge in [0, 0.05) is 23.9 Å². The maximum absolute atomic E-state index is 12.4. The van der Waals surface area contributed by atoms with Crippen molar-refractivity contribution in [2.24, 2.45) is 28.4 Å². The molecule has 0 aromatic heterocycles. The van der Waals surface area contributed by atoms with Crippen molar-refractivity contribution in [2.75, 3.05) is 13.2 Å². The molecule has 0 bridgehead atoms. The highest BCUT2D eigenvalue weighted by Gasteiger charge is 2.46. The predicted octanol–water partition coefficient (Wildman–Crippen LogP) is 1.27. The van der Waals surface area contributed by atoms with Gasteiger partial charge in [-0.2, -0.15) is 0 Å². The van der Waals surface area contributed by atoms with Crippen molar-refractivity contribution in [1.29, 1.82) is 0 Å². The second kappa shape index (κ2) is 5.06. The number of carbonyl (C=O) groups is 1. The minimum Gasteiger partial charge on any atom is -0.396 e. The lowest BCUT2D eigenvalue weighted by molar-refractivity contribution is -0.132. The van der Waals surface area contributed by atoms with E-state index in [1.54, 1.807) is 0 Å². The molecule has 4 N–H and O–H groups in total. The molecule has 2 fully saturated rings. The van der Waals surface area contributed by atoms with Gasteiger partial charge in [-0.15, -0.1) is 0 Å². The van der Waals surface area contributed by atoms with E-state index < -0.39 is 0 Å². The molecule has 0 spiro atoms. The molecule has 2 aliphatic carbocycles. The van der Waals surface area contributed by atoms with Crippen LogP contribution in [0.4, 0.5) is 0 Å². The molecule has 2 rings (SSSR count). The first-order chi connectivity index (χ1) is 8.82. The summed E-state index contributed by atoms with van der Waals surface area (Å²) in [6.45, 7) is 7.26. The van der Waals surface area contributed by atoms with Crippen LogP contribution in [0.1, 0.15) is 46.5 Å². The third kappa shape index (κ3) is 2.79. The lowest BCUT2D eigenvalue weighted by atomic mass is 9.61. The van der Waals surface area contributed by atoms with E-state index in [9.17, 15) is 9.90 Å². The summed E-state index contributed by atoms with van der Waals surface area (Å²) in [5, 5.41) is 12.3. The molecular weight excluding hydrogens is 240 g/mol. The van der Waals surface area contributed by atoms with Crippen LogP contribution in [0.2, 0.25) is 0 Å². The molecule has 3 unspecified atom stereocenters. The van der Waals surface area contributed by atoms with Gasteiger partial charge in [0.15, 0.2) is 0 Å². The summed E-state index contributed by atoms with van der Waals surface area (Å²) in [6.07, 6.45) is 3.85. The van der Waals surface area contributed by atoms with E-state index in [4.69, 9.17) is 5.73 Å². The summed E-state index contributed by atoms with van der Waals surface area (Å²) in [6, 6.07) is 0.200. The zero-order chi connectivity index (χ0) is 14.3. The van der Waals surface area contributed by atoms with Crippen molar-refractivity contribution < 1.29 is 9.90 Å². The fourth-order valence-electron chi connectivity index (χ4n) is 3.28. The van der Waals surface area contributed by atoms with Crippen molar-refractivity contribution in [3.63, 3.8) is 0 Å². The smallest absolute Gasteiger partial charge is 0.223 e. The van der Waals surface area contributed by atoms with Crippen molar-refractivity contribution in [2.45, 2.75) is 52.5 Å². The topological polar surface area (TPSA) is 75.4 Å². The molecule has 2 saturated carbocycles. The Bertz CT molecular complexity index is 350. The number of nitrogens with two attached hydrogens (primary N) is 1. The molecule has 3 atom stereocenters. The standard InChI is InChI=1S/C15H28N2O2/c1-10-12(16)5-4-11(14(10,2)3)13(19)17-8-15(9-18)6-7-15/h10-12,18H,4-9,16H2,1-3H3,(H,17,19). The zero-order valence-corrected chi connectivity index (χ0v) is 12.4. The quantitative estimate of drug-likeness (QED) is 0.719. The van der Waals surface area contributed by atoms with Crippen LogP contribution in [-0.4, -0.2) is 30.2 Å². The Balaban J connectivity index is 1.95. The minimum absolute atomic E-state index is 0.0174. The Morgan fingerprint density at radius 1 is 1.37 bits per heavy atom. The van der Waals surface area contributed by atoms with Crippen LogP contribution in [0.3, 0.4) is 0 Å². The van der Waals surface area contributed by atoms with Gasteiger partial charge >= 0.3 is 0 Å². The molecule has 0 radical (unpaired) electrons. The van der Waals surface area contributed by atoms with Crippen LogP contribution < -0.4 is 11.1 Å². The van der Waals surface area contributed by atoms with E-state index in [-0.39, 0.29) is 35.3 Å². The minimum atomic E-state index is -0.0579. The average Bonchev–Trinajstić information content (AvgIpc) is 3.14. The first kappa shape index (κ1) is 14.8. The summed E-state index contributed by atoms with van der Waals surface area (Å²) in [7, 11) is 0. The van der Waals surface area contributed by atoms with Crippen molar-refractivity contribution >= 4 is 5.91 Å². The summed E-state index contributed by atoms with van der Waals surface area (Å²) in [5.41, 5.74) is 6.05. The van der Waals surface area contributed by atoms with Crippen molar-refractivity contribution in [1.82, 2.24) is 5.32 Å². The van der Waals surface area contributed by atoms with Gasteiger partial charge in [-0.05, 0) is 37.0 Å². The maximum atomic E-state index is 12.4. The number of aliphatic hydroxyl groups excluding tert-OH is 1. The highest BCUT2D eigenvalue weighted by atomic mass is 16.3. The van der Waals surface area contributed by atoms with Crippen LogP contribution in [-0.2, 0) is 4.79 Å². The Morgan fingerprint density at radius 3 is 2.53 bits per heavy atom. The number of amides is 1. The monoisotopic (exact) mass is 268 g/mol. The van der Waals surface area contributed by atoms with E-state index in [2.05, 4.69) is 26.1 Å². The molecule has 19 heavy (non-hydrogen) atoms. The van der Waals surface area contributed by atoms with E-state index in [1.165, 1.54) is 0 Å². The number of hydrogen-bond donors (Lipinski definition) is 3. The Hall–Kier alpha value is -0.610. The van der Waals surface area contributed by atoms with E-state index >= 15 is 0 Å². The number of aliphatic hydroxyl groups is 1. The maximum Gasteiger partial charge on any atom is 0.223 e. The highest BCUT2D eigenvalue weighted by molar-refractivity contribution is 5.79. The van der Waals surface area contributed by atoms with Crippen LogP contribution >= 0.6 is 0 Å². The highest BCUT2D eigenvalue weighted by Crippen LogP contribution is 2.46. The number of rotatable bonds is 4. The molecule has 0 heterocycles. The fourth-order valence-corrected chi connectivity index (χ4v) is 3.28. The first-order valence-electron chi connectivity index (χ1n) is 7.46. The molecule has 0 aromatic rings. The summed E-state index contributed by atoms with van der Waals surface area (Å²) < 4.78 is 0. The SMILES string of the molecule is CC1C(N)CCC(C(=O)NCC2(CO)CC2)C1(C)C. The third-order valence-corrected chi connectivity index (χ3v) is 5.75.